The van der Waals surface area contributed by atoms with Crippen LogP contribution in [0.5, 0.6) is 0 Å². The van der Waals surface area contributed by atoms with Crippen LogP contribution in [-0.4, -0.2) is 0 Å². The molecule has 0 N–H and O–H groups in total. The molecule has 0 unspecified atom stereocenters. The average molecular weight is 367 g/mol. The third-order valence-electron chi connectivity index (χ3n) is 2.09. The maximum absolute atomic E-state index is 3.52. The van der Waals surface area contributed by atoms with Crippen LogP contribution in [0.3, 0.4) is 0 Å². The highest BCUT2D eigenvalue weighted by molar-refractivity contribution is 14.1. The molecule has 0 bridgehead atoms. The lowest BCUT2D eigenvalue weighted by Crippen LogP contribution is -1.80. The average Bonchev–Trinajstić information content (AvgIpc) is 2.56. The fraction of sp³-hybridized carbons (Fsp3) is 0.200. The highest BCUT2D eigenvalue weighted by Crippen LogP contribution is 2.33. The van der Waals surface area contributed by atoms with Gasteiger partial charge in [-0.25, -0.2) is 0 Å². The standard InChI is InChI=1S/C10H8BrIS/c1-6-2-3-8(12)9-7(4-11)5-13-10(6)9/h2-3,5H,4H2,1H3. The lowest BCUT2D eigenvalue weighted by atomic mass is 10.1. The molecule has 0 aliphatic heterocycles. The van der Waals surface area contributed by atoms with E-state index in [0.717, 1.165) is 5.33 Å². The molecule has 0 atom stereocenters. The first-order valence-electron chi connectivity index (χ1n) is 3.95. The van der Waals surface area contributed by atoms with Crippen molar-refractivity contribution in [3.05, 3.63) is 32.2 Å². The molecule has 0 amide bonds. The summed E-state index contributed by atoms with van der Waals surface area (Å²) in [5.74, 6) is 0. The van der Waals surface area contributed by atoms with E-state index in [1.54, 1.807) is 0 Å². The van der Waals surface area contributed by atoms with Crippen molar-refractivity contribution in [1.82, 2.24) is 0 Å². The van der Waals surface area contributed by atoms with Crippen molar-refractivity contribution in [2.24, 2.45) is 0 Å². The van der Waals surface area contributed by atoms with Gasteiger partial charge in [-0.1, -0.05) is 22.0 Å². The van der Waals surface area contributed by atoms with Gasteiger partial charge in [-0.05, 0) is 52.1 Å². The van der Waals surface area contributed by atoms with E-state index in [1.165, 1.54) is 24.8 Å². The van der Waals surface area contributed by atoms with Crippen LogP contribution in [0, 0.1) is 10.5 Å². The quantitative estimate of drug-likeness (QED) is 0.506. The highest BCUT2D eigenvalue weighted by atomic mass is 127. The largest absolute Gasteiger partial charge is 0.143 e. The van der Waals surface area contributed by atoms with Crippen molar-refractivity contribution in [3.8, 4) is 0 Å². The first-order chi connectivity index (χ1) is 6.24. The Morgan fingerprint density at radius 3 is 2.92 bits per heavy atom. The molecule has 2 rings (SSSR count). The van der Waals surface area contributed by atoms with Crippen LogP contribution in [0.1, 0.15) is 11.1 Å². The Morgan fingerprint density at radius 1 is 1.46 bits per heavy atom. The molecule has 1 heterocycles. The van der Waals surface area contributed by atoms with Crippen LogP contribution in [0.4, 0.5) is 0 Å². The first-order valence-corrected chi connectivity index (χ1v) is 7.03. The molecule has 2 aromatic rings. The van der Waals surface area contributed by atoms with Crippen LogP contribution in [0.2, 0.25) is 0 Å². The molecule has 0 aliphatic rings. The van der Waals surface area contributed by atoms with Gasteiger partial charge in [0.2, 0.25) is 0 Å². The third-order valence-corrected chi connectivity index (χ3v) is 4.76. The number of halogens is 2. The van der Waals surface area contributed by atoms with E-state index >= 15 is 0 Å². The Labute approximate surface area is 104 Å². The van der Waals surface area contributed by atoms with Crippen LogP contribution in [0.15, 0.2) is 17.5 Å². The molecule has 1 aromatic heterocycles. The van der Waals surface area contributed by atoms with E-state index in [-0.39, 0.29) is 0 Å². The number of aryl methyl sites for hydroxylation is 1. The molecule has 13 heavy (non-hydrogen) atoms. The lowest BCUT2D eigenvalue weighted by Gasteiger charge is -2.00. The molecule has 68 valence electrons. The molecule has 3 heteroatoms. The minimum atomic E-state index is 0.951. The molecule has 0 aliphatic carbocycles. The second-order valence-electron chi connectivity index (χ2n) is 2.96. The van der Waals surface area contributed by atoms with Crippen LogP contribution < -0.4 is 0 Å². The molecule has 0 spiro atoms. The normalized spacial score (nSPS) is 11.0. The maximum Gasteiger partial charge on any atom is 0.0385 e. The predicted octanol–water partition coefficient (Wildman–Crippen LogP) is 4.71. The van der Waals surface area contributed by atoms with Gasteiger partial charge in [0.05, 0.1) is 0 Å². The molecule has 0 nitrogen and oxygen atoms in total. The number of hydrogen-bond donors (Lipinski definition) is 0. The topological polar surface area (TPSA) is 0 Å². The number of benzene rings is 1. The summed E-state index contributed by atoms with van der Waals surface area (Å²) in [6.07, 6.45) is 0. The maximum atomic E-state index is 3.52. The Kier molecular flexibility index (Phi) is 2.95. The summed E-state index contributed by atoms with van der Waals surface area (Å²) >= 11 is 7.77. The van der Waals surface area contributed by atoms with Gasteiger partial charge in [0.15, 0.2) is 0 Å². The Bertz CT molecular complexity index is 447. The second-order valence-corrected chi connectivity index (χ2v) is 5.57. The molecular formula is C10H8BrIS. The van der Waals surface area contributed by atoms with E-state index in [2.05, 4.69) is 63.0 Å². The van der Waals surface area contributed by atoms with Crippen molar-refractivity contribution >= 4 is 59.9 Å². The number of thiophene rings is 1. The molecule has 0 radical (unpaired) electrons. The number of alkyl halides is 1. The molecular weight excluding hydrogens is 359 g/mol. The summed E-state index contributed by atoms with van der Waals surface area (Å²) in [6.45, 7) is 2.17. The zero-order chi connectivity index (χ0) is 9.42. The highest BCUT2D eigenvalue weighted by Gasteiger charge is 2.07. The van der Waals surface area contributed by atoms with Gasteiger partial charge in [0.25, 0.3) is 0 Å². The number of fused-ring (bicyclic) bond motifs is 1. The second kappa shape index (κ2) is 3.87. The van der Waals surface area contributed by atoms with Gasteiger partial charge >= 0.3 is 0 Å². The Hall–Kier alpha value is 0.390. The van der Waals surface area contributed by atoms with Crippen molar-refractivity contribution in [2.45, 2.75) is 12.3 Å². The summed E-state index contributed by atoms with van der Waals surface area (Å²) in [5, 5.41) is 4.63. The molecule has 0 fully saturated rings. The predicted molar refractivity (Wildman–Crippen MR) is 71.9 cm³/mol. The van der Waals surface area contributed by atoms with Gasteiger partial charge in [0, 0.05) is 19.0 Å². The van der Waals surface area contributed by atoms with Gasteiger partial charge in [0.1, 0.15) is 0 Å². The lowest BCUT2D eigenvalue weighted by molar-refractivity contribution is 1.50. The smallest absolute Gasteiger partial charge is 0.0385 e. The SMILES string of the molecule is Cc1ccc(I)c2c(CBr)csc12. The zero-order valence-corrected chi connectivity index (χ0v) is 11.7. The fourth-order valence-electron chi connectivity index (χ4n) is 1.40. The summed E-state index contributed by atoms with van der Waals surface area (Å²) in [6, 6.07) is 4.38. The Morgan fingerprint density at radius 2 is 2.23 bits per heavy atom. The van der Waals surface area contributed by atoms with Crippen molar-refractivity contribution < 1.29 is 0 Å². The van der Waals surface area contributed by atoms with Crippen LogP contribution >= 0.6 is 49.9 Å². The van der Waals surface area contributed by atoms with Crippen molar-refractivity contribution in [1.29, 1.82) is 0 Å². The van der Waals surface area contributed by atoms with Gasteiger partial charge in [-0.2, -0.15) is 0 Å². The van der Waals surface area contributed by atoms with E-state index in [1.807, 2.05) is 11.3 Å². The van der Waals surface area contributed by atoms with Crippen molar-refractivity contribution in [2.75, 3.05) is 0 Å². The summed E-state index contributed by atoms with van der Waals surface area (Å²) in [5.41, 5.74) is 2.79. The number of hydrogen-bond acceptors (Lipinski definition) is 1. The summed E-state index contributed by atoms with van der Waals surface area (Å²) in [4.78, 5) is 0. The van der Waals surface area contributed by atoms with Crippen LogP contribution in [0.25, 0.3) is 10.1 Å². The molecule has 1 aromatic carbocycles. The van der Waals surface area contributed by atoms with Gasteiger partial charge in [-0.3, -0.25) is 0 Å². The van der Waals surface area contributed by atoms with Gasteiger partial charge in [-0.15, -0.1) is 11.3 Å². The van der Waals surface area contributed by atoms with Gasteiger partial charge < -0.3 is 0 Å². The van der Waals surface area contributed by atoms with E-state index in [4.69, 9.17) is 0 Å². The Balaban J connectivity index is 2.87. The van der Waals surface area contributed by atoms with E-state index in [9.17, 15) is 0 Å². The van der Waals surface area contributed by atoms with Crippen LogP contribution in [-0.2, 0) is 5.33 Å². The fourth-order valence-corrected chi connectivity index (χ4v) is 4.11. The molecule has 0 saturated heterocycles. The minimum Gasteiger partial charge on any atom is -0.143 e. The van der Waals surface area contributed by atoms with E-state index in [0.29, 0.717) is 0 Å². The zero-order valence-electron chi connectivity index (χ0n) is 7.10. The summed E-state index contributed by atoms with van der Waals surface area (Å²) in [7, 11) is 0. The monoisotopic (exact) mass is 366 g/mol. The van der Waals surface area contributed by atoms with E-state index < -0.39 is 0 Å². The first kappa shape index (κ1) is 9.93. The van der Waals surface area contributed by atoms with Crippen molar-refractivity contribution in [3.63, 3.8) is 0 Å². The summed E-state index contributed by atoms with van der Waals surface area (Å²) < 4.78 is 2.79. The third kappa shape index (κ3) is 1.66. The number of rotatable bonds is 1. The minimum absolute atomic E-state index is 0.951. The molecule has 0 saturated carbocycles.